The second-order valence-electron chi connectivity index (χ2n) is 2.19. The molecular formula is C9H16O2. The first-order valence-electron chi connectivity index (χ1n) is 3.54. The molecule has 0 unspecified atom stereocenters. The van der Waals surface area contributed by atoms with Crippen molar-refractivity contribution < 1.29 is 9.90 Å². The van der Waals surface area contributed by atoms with Crippen LogP contribution >= 0.6 is 0 Å². The summed E-state index contributed by atoms with van der Waals surface area (Å²) in [5.74, 6) is -0.711. The van der Waals surface area contributed by atoms with Crippen molar-refractivity contribution in [2.24, 2.45) is 0 Å². The van der Waals surface area contributed by atoms with Gasteiger partial charge in [0.2, 0.25) is 0 Å². The third kappa shape index (κ3) is 27.7. The molecule has 2 heteroatoms. The van der Waals surface area contributed by atoms with Gasteiger partial charge in [-0.15, -0.1) is 0 Å². The van der Waals surface area contributed by atoms with E-state index in [-0.39, 0.29) is 0 Å². The molecule has 2 nitrogen and oxygen atoms in total. The van der Waals surface area contributed by atoms with E-state index in [4.69, 9.17) is 5.11 Å². The number of aliphatic carboxylic acids is 1. The fourth-order valence-corrected chi connectivity index (χ4v) is 0.214. The summed E-state index contributed by atoms with van der Waals surface area (Å²) in [6.07, 6.45) is 2.75. The molecule has 0 aliphatic rings. The summed E-state index contributed by atoms with van der Waals surface area (Å²) in [7, 11) is 0. The summed E-state index contributed by atoms with van der Waals surface area (Å²) in [5, 5.41) is 7.91. The van der Waals surface area contributed by atoms with E-state index in [0.29, 0.717) is 6.42 Å². The van der Waals surface area contributed by atoms with Crippen molar-refractivity contribution in [3.8, 4) is 0 Å². The van der Waals surface area contributed by atoms with Crippen LogP contribution in [0.2, 0.25) is 0 Å². The van der Waals surface area contributed by atoms with E-state index in [0.717, 1.165) is 12.0 Å². The van der Waals surface area contributed by atoms with Gasteiger partial charge in [-0.05, 0) is 13.3 Å². The van der Waals surface area contributed by atoms with Gasteiger partial charge < -0.3 is 5.11 Å². The van der Waals surface area contributed by atoms with Gasteiger partial charge in [0.15, 0.2) is 0 Å². The molecule has 64 valence electrons. The number of carboxylic acids is 1. The zero-order valence-corrected chi connectivity index (χ0v) is 7.26. The number of hydrogen-bond acceptors (Lipinski definition) is 1. The predicted octanol–water partition coefficient (Wildman–Crippen LogP) is 2.62. The fraction of sp³-hybridized carbons (Fsp3) is 0.444. The minimum atomic E-state index is -0.711. The molecule has 0 fully saturated rings. The second-order valence-corrected chi connectivity index (χ2v) is 2.19. The minimum Gasteiger partial charge on any atom is -0.481 e. The Labute approximate surface area is 68.2 Å². The van der Waals surface area contributed by atoms with E-state index in [9.17, 15) is 4.79 Å². The first-order chi connectivity index (χ1) is 5.04. The molecule has 0 aliphatic heterocycles. The monoisotopic (exact) mass is 156 g/mol. The summed E-state index contributed by atoms with van der Waals surface area (Å²) < 4.78 is 0. The Bertz CT molecular complexity index is 136. The van der Waals surface area contributed by atoms with Crippen LogP contribution in [-0.4, -0.2) is 11.1 Å². The van der Waals surface area contributed by atoms with E-state index in [2.05, 4.69) is 13.2 Å². The van der Waals surface area contributed by atoms with Crippen molar-refractivity contribution in [3.05, 3.63) is 24.8 Å². The highest BCUT2D eigenvalue weighted by Crippen LogP contribution is 1.82. The largest absolute Gasteiger partial charge is 0.481 e. The number of carbonyl (C=O) groups is 1. The van der Waals surface area contributed by atoms with Gasteiger partial charge in [0.1, 0.15) is 0 Å². The van der Waals surface area contributed by atoms with Gasteiger partial charge >= 0.3 is 5.97 Å². The van der Waals surface area contributed by atoms with E-state index >= 15 is 0 Å². The zero-order chi connectivity index (χ0) is 9.28. The van der Waals surface area contributed by atoms with E-state index in [1.54, 1.807) is 6.08 Å². The molecule has 11 heavy (non-hydrogen) atoms. The van der Waals surface area contributed by atoms with E-state index in [1.165, 1.54) is 0 Å². The molecule has 0 bridgehead atoms. The summed E-state index contributed by atoms with van der Waals surface area (Å²) >= 11 is 0. The maximum Gasteiger partial charge on any atom is 0.303 e. The number of allylic oxidation sites excluding steroid dienone is 2. The highest BCUT2D eigenvalue weighted by atomic mass is 16.4. The molecule has 0 aromatic heterocycles. The van der Waals surface area contributed by atoms with Gasteiger partial charge in [-0.3, -0.25) is 4.79 Å². The van der Waals surface area contributed by atoms with Crippen LogP contribution < -0.4 is 0 Å². The van der Waals surface area contributed by atoms with Crippen molar-refractivity contribution in [2.45, 2.75) is 26.7 Å². The van der Waals surface area contributed by atoms with E-state index < -0.39 is 5.97 Å². The normalized spacial score (nSPS) is 7.45. The van der Waals surface area contributed by atoms with E-state index in [1.807, 2.05) is 13.8 Å². The van der Waals surface area contributed by atoms with Gasteiger partial charge in [0.05, 0.1) is 0 Å². The van der Waals surface area contributed by atoms with Gasteiger partial charge in [-0.25, -0.2) is 0 Å². The Balaban J connectivity index is 0. The second kappa shape index (κ2) is 8.95. The standard InChI is InChI=1S/C5H8.C4H8O2/c1-4-5(2)3;1-2-3-4(5)6/h4H,1-2H2,3H3;2-3H2,1H3,(H,5,6). The molecule has 0 amide bonds. The fourth-order valence-electron chi connectivity index (χ4n) is 0.214. The van der Waals surface area contributed by atoms with Crippen LogP contribution in [0.15, 0.2) is 24.8 Å². The molecule has 0 saturated heterocycles. The van der Waals surface area contributed by atoms with Crippen molar-refractivity contribution >= 4 is 5.97 Å². The van der Waals surface area contributed by atoms with Crippen LogP contribution in [0.5, 0.6) is 0 Å². The predicted molar refractivity (Wildman–Crippen MR) is 47.6 cm³/mol. The molecule has 0 radical (unpaired) electrons. The molecule has 0 heterocycles. The molecular weight excluding hydrogens is 140 g/mol. The van der Waals surface area contributed by atoms with Gasteiger partial charge in [-0.2, -0.15) is 0 Å². The molecule has 0 aliphatic carbocycles. The van der Waals surface area contributed by atoms with Crippen LogP contribution in [0.3, 0.4) is 0 Å². The average molecular weight is 156 g/mol. The summed E-state index contributed by atoms with van der Waals surface area (Å²) in [6, 6.07) is 0. The summed E-state index contributed by atoms with van der Waals surface area (Å²) in [5.41, 5.74) is 1.02. The van der Waals surface area contributed by atoms with Crippen molar-refractivity contribution in [3.63, 3.8) is 0 Å². The molecule has 0 aromatic carbocycles. The Morgan fingerprint density at radius 1 is 1.64 bits per heavy atom. The topological polar surface area (TPSA) is 37.3 Å². The van der Waals surface area contributed by atoms with Crippen LogP contribution in [0, 0.1) is 0 Å². The Hall–Kier alpha value is -1.05. The molecule has 0 aromatic rings. The minimum absolute atomic E-state index is 0.292. The summed E-state index contributed by atoms with van der Waals surface area (Å²) in [6.45, 7) is 10.8. The molecule has 0 spiro atoms. The smallest absolute Gasteiger partial charge is 0.303 e. The van der Waals surface area contributed by atoms with Crippen molar-refractivity contribution in [1.82, 2.24) is 0 Å². The number of rotatable bonds is 3. The quantitative estimate of drug-likeness (QED) is 0.638. The lowest BCUT2D eigenvalue weighted by Crippen LogP contribution is -1.90. The molecule has 1 N–H and O–H groups in total. The summed E-state index contributed by atoms with van der Waals surface area (Å²) in [4.78, 5) is 9.60. The maximum atomic E-state index is 9.60. The van der Waals surface area contributed by atoms with Crippen LogP contribution in [0.4, 0.5) is 0 Å². The first-order valence-corrected chi connectivity index (χ1v) is 3.54. The van der Waals surface area contributed by atoms with Crippen molar-refractivity contribution in [1.29, 1.82) is 0 Å². The lowest BCUT2D eigenvalue weighted by Gasteiger charge is -1.79. The maximum absolute atomic E-state index is 9.60. The van der Waals surface area contributed by atoms with Crippen LogP contribution in [0.25, 0.3) is 0 Å². The molecule has 0 saturated carbocycles. The van der Waals surface area contributed by atoms with Crippen molar-refractivity contribution in [2.75, 3.05) is 0 Å². The Morgan fingerprint density at radius 2 is 2.00 bits per heavy atom. The van der Waals surface area contributed by atoms with Crippen LogP contribution in [-0.2, 0) is 4.79 Å². The molecule has 0 rings (SSSR count). The van der Waals surface area contributed by atoms with Gasteiger partial charge in [0, 0.05) is 6.42 Å². The van der Waals surface area contributed by atoms with Gasteiger partial charge in [-0.1, -0.05) is 31.7 Å². The SMILES string of the molecule is C=CC(=C)C.CCCC(=O)O. The first kappa shape index (κ1) is 12.6. The molecule has 0 atom stereocenters. The van der Waals surface area contributed by atoms with Gasteiger partial charge in [0.25, 0.3) is 0 Å². The highest BCUT2D eigenvalue weighted by Gasteiger charge is 1.87. The third-order valence-electron chi connectivity index (χ3n) is 0.812. The number of hydrogen-bond donors (Lipinski definition) is 1. The Morgan fingerprint density at radius 3 is 2.00 bits per heavy atom. The van der Waals surface area contributed by atoms with Crippen LogP contribution in [0.1, 0.15) is 26.7 Å². The highest BCUT2D eigenvalue weighted by molar-refractivity contribution is 5.66. The number of carboxylic acid groups (broad SMARTS) is 1. The average Bonchev–Trinajstić information content (AvgIpc) is 1.89. The Kier molecular flexibility index (Phi) is 10.3. The lowest BCUT2D eigenvalue weighted by atomic mass is 10.4. The third-order valence-corrected chi connectivity index (χ3v) is 0.812. The lowest BCUT2D eigenvalue weighted by molar-refractivity contribution is -0.137. The zero-order valence-electron chi connectivity index (χ0n) is 7.26.